The predicted octanol–water partition coefficient (Wildman–Crippen LogP) is 3.61. The summed E-state index contributed by atoms with van der Waals surface area (Å²) in [7, 11) is 0. The SMILES string of the molecule is CC(C)(C)OC(=O)NC(C(=O)NCCc1ccccc1)c1ccccc1. The van der Waals surface area contributed by atoms with Crippen molar-refractivity contribution in [3.8, 4) is 0 Å². The second-order valence-corrected chi connectivity index (χ2v) is 7.02. The average Bonchev–Trinajstić information content (AvgIpc) is 2.60. The number of benzene rings is 2. The van der Waals surface area contributed by atoms with Gasteiger partial charge in [-0.1, -0.05) is 60.7 Å². The molecule has 0 spiro atoms. The molecule has 0 aliphatic heterocycles. The Morgan fingerprint density at radius 2 is 1.54 bits per heavy atom. The van der Waals surface area contributed by atoms with Gasteiger partial charge >= 0.3 is 6.09 Å². The van der Waals surface area contributed by atoms with Crippen LogP contribution >= 0.6 is 0 Å². The largest absolute Gasteiger partial charge is 0.444 e. The van der Waals surface area contributed by atoms with E-state index in [0.29, 0.717) is 12.1 Å². The highest BCUT2D eigenvalue weighted by Crippen LogP contribution is 2.15. The van der Waals surface area contributed by atoms with Crippen LogP contribution in [0.4, 0.5) is 4.79 Å². The normalized spacial score (nSPS) is 12.1. The van der Waals surface area contributed by atoms with Gasteiger partial charge in [0, 0.05) is 6.54 Å². The molecule has 2 aromatic rings. The Morgan fingerprint density at radius 3 is 2.12 bits per heavy atom. The molecule has 0 heterocycles. The number of carbonyl (C=O) groups is 2. The van der Waals surface area contributed by atoms with E-state index in [1.54, 1.807) is 32.9 Å². The first kappa shape index (κ1) is 19.5. The Balaban J connectivity index is 2.00. The van der Waals surface area contributed by atoms with Crippen LogP contribution in [0.15, 0.2) is 60.7 Å². The lowest BCUT2D eigenvalue weighted by molar-refractivity contribution is -0.123. The van der Waals surface area contributed by atoms with Gasteiger partial charge in [-0.25, -0.2) is 4.79 Å². The predicted molar refractivity (Wildman–Crippen MR) is 102 cm³/mol. The maximum absolute atomic E-state index is 12.7. The maximum Gasteiger partial charge on any atom is 0.408 e. The van der Waals surface area contributed by atoms with Crippen molar-refractivity contribution in [1.82, 2.24) is 10.6 Å². The lowest BCUT2D eigenvalue weighted by atomic mass is 10.1. The first-order chi connectivity index (χ1) is 12.3. The number of carbonyl (C=O) groups excluding carboxylic acids is 2. The molecular formula is C21H26N2O3. The Bertz CT molecular complexity index is 709. The molecular weight excluding hydrogens is 328 g/mol. The lowest BCUT2D eigenvalue weighted by Gasteiger charge is -2.23. The first-order valence-electron chi connectivity index (χ1n) is 8.71. The molecule has 5 heteroatoms. The zero-order valence-electron chi connectivity index (χ0n) is 15.5. The van der Waals surface area contributed by atoms with Crippen molar-refractivity contribution < 1.29 is 14.3 Å². The Morgan fingerprint density at radius 1 is 0.962 bits per heavy atom. The molecule has 0 aromatic heterocycles. The van der Waals surface area contributed by atoms with Crippen LogP contribution < -0.4 is 10.6 Å². The zero-order valence-corrected chi connectivity index (χ0v) is 15.5. The highest BCUT2D eigenvalue weighted by Gasteiger charge is 2.25. The molecule has 0 aliphatic carbocycles. The van der Waals surface area contributed by atoms with Crippen molar-refractivity contribution in [2.75, 3.05) is 6.54 Å². The highest BCUT2D eigenvalue weighted by atomic mass is 16.6. The molecule has 2 N–H and O–H groups in total. The molecule has 0 fully saturated rings. The van der Waals surface area contributed by atoms with Crippen LogP contribution in [0.1, 0.15) is 37.9 Å². The number of rotatable bonds is 6. The number of alkyl carbamates (subject to hydrolysis) is 1. The minimum absolute atomic E-state index is 0.266. The third kappa shape index (κ3) is 6.59. The van der Waals surface area contributed by atoms with Crippen LogP contribution in [0.5, 0.6) is 0 Å². The van der Waals surface area contributed by atoms with Crippen LogP contribution in [0.25, 0.3) is 0 Å². The van der Waals surface area contributed by atoms with Gasteiger partial charge in [-0.15, -0.1) is 0 Å². The molecule has 2 amide bonds. The van der Waals surface area contributed by atoms with Crippen molar-refractivity contribution >= 4 is 12.0 Å². The van der Waals surface area contributed by atoms with Crippen LogP contribution in [0.3, 0.4) is 0 Å². The van der Waals surface area contributed by atoms with Gasteiger partial charge in [0.1, 0.15) is 11.6 Å². The number of ether oxygens (including phenoxy) is 1. The van der Waals surface area contributed by atoms with E-state index in [-0.39, 0.29) is 5.91 Å². The fourth-order valence-corrected chi connectivity index (χ4v) is 2.45. The van der Waals surface area contributed by atoms with E-state index in [9.17, 15) is 9.59 Å². The third-order valence-corrected chi connectivity index (χ3v) is 3.61. The number of hydrogen-bond acceptors (Lipinski definition) is 3. The third-order valence-electron chi connectivity index (χ3n) is 3.61. The smallest absolute Gasteiger partial charge is 0.408 e. The van der Waals surface area contributed by atoms with E-state index >= 15 is 0 Å². The molecule has 1 atom stereocenters. The minimum Gasteiger partial charge on any atom is -0.444 e. The molecule has 0 saturated heterocycles. The summed E-state index contributed by atoms with van der Waals surface area (Å²) in [5, 5.41) is 5.55. The summed E-state index contributed by atoms with van der Waals surface area (Å²) in [6, 6.07) is 18.2. The second-order valence-electron chi connectivity index (χ2n) is 7.02. The topological polar surface area (TPSA) is 67.4 Å². The fraction of sp³-hybridized carbons (Fsp3) is 0.333. The molecule has 5 nitrogen and oxygen atoms in total. The zero-order chi connectivity index (χ0) is 19.0. The van der Waals surface area contributed by atoms with Gasteiger partial charge in [-0.05, 0) is 38.3 Å². The van der Waals surface area contributed by atoms with Gasteiger partial charge in [0.15, 0.2) is 0 Å². The standard InChI is InChI=1S/C21H26N2O3/c1-21(2,3)26-20(25)23-18(17-12-8-5-9-13-17)19(24)22-15-14-16-10-6-4-7-11-16/h4-13,18H,14-15H2,1-3H3,(H,22,24)(H,23,25). The monoisotopic (exact) mass is 354 g/mol. The van der Waals surface area contributed by atoms with Gasteiger partial charge < -0.3 is 15.4 Å². The molecule has 2 aromatic carbocycles. The fourth-order valence-electron chi connectivity index (χ4n) is 2.45. The van der Waals surface area contributed by atoms with Crippen LogP contribution in [0.2, 0.25) is 0 Å². The van der Waals surface area contributed by atoms with E-state index in [1.807, 2.05) is 48.5 Å². The van der Waals surface area contributed by atoms with Gasteiger partial charge in [0.2, 0.25) is 5.91 Å². The molecule has 138 valence electrons. The summed E-state index contributed by atoms with van der Waals surface area (Å²) in [6.45, 7) is 5.83. The van der Waals surface area contributed by atoms with Crippen molar-refractivity contribution in [3.63, 3.8) is 0 Å². The Kier molecular flexibility index (Phi) is 6.78. The van der Waals surface area contributed by atoms with Gasteiger partial charge in [-0.3, -0.25) is 4.79 Å². The quantitative estimate of drug-likeness (QED) is 0.833. The molecule has 2 rings (SSSR count). The van der Waals surface area contributed by atoms with Gasteiger partial charge in [0.25, 0.3) is 0 Å². The molecule has 0 bridgehead atoms. The lowest BCUT2D eigenvalue weighted by Crippen LogP contribution is -2.43. The summed E-state index contributed by atoms with van der Waals surface area (Å²) in [4.78, 5) is 24.8. The second kappa shape index (κ2) is 9.04. The molecule has 1 unspecified atom stereocenters. The number of nitrogens with one attached hydrogen (secondary N) is 2. The number of amides is 2. The molecule has 26 heavy (non-hydrogen) atoms. The van der Waals surface area contributed by atoms with E-state index in [0.717, 1.165) is 12.0 Å². The van der Waals surface area contributed by atoms with Gasteiger partial charge in [-0.2, -0.15) is 0 Å². The van der Waals surface area contributed by atoms with E-state index in [1.165, 1.54) is 0 Å². The average molecular weight is 354 g/mol. The first-order valence-corrected chi connectivity index (χ1v) is 8.71. The summed E-state index contributed by atoms with van der Waals surface area (Å²) < 4.78 is 5.28. The Labute approximate surface area is 154 Å². The molecule has 0 radical (unpaired) electrons. The Hall–Kier alpha value is -2.82. The van der Waals surface area contributed by atoms with Crippen LogP contribution in [-0.4, -0.2) is 24.1 Å². The van der Waals surface area contributed by atoms with Crippen molar-refractivity contribution in [3.05, 3.63) is 71.8 Å². The molecule has 0 aliphatic rings. The van der Waals surface area contributed by atoms with E-state index in [4.69, 9.17) is 4.74 Å². The summed E-state index contributed by atoms with van der Waals surface area (Å²) in [5.74, 6) is -0.266. The summed E-state index contributed by atoms with van der Waals surface area (Å²) in [5.41, 5.74) is 1.22. The van der Waals surface area contributed by atoms with Crippen molar-refractivity contribution in [2.24, 2.45) is 0 Å². The summed E-state index contributed by atoms with van der Waals surface area (Å²) in [6.07, 6.45) is 0.102. The van der Waals surface area contributed by atoms with E-state index in [2.05, 4.69) is 10.6 Å². The van der Waals surface area contributed by atoms with E-state index < -0.39 is 17.7 Å². The van der Waals surface area contributed by atoms with Gasteiger partial charge in [0.05, 0.1) is 0 Å². The van der Waals surface area contributed by atoms with Crippen LogP contribution in [-0.2, 0) is 16.0 Å². The highest BCUT2D eigenvalue weighted by molar-refractivity contribution is 5.86. The van der Waals surface area contributed by atoms with Crippen molar-refractivity contribution in [2.45, 2.75) is 38.8 Å². The minimum atomic E-state index is -0.804. The van der Waals surface area contributed by atoms with Crippen LogP contribution in [0, 0.1) is 0 Å². The number of hydrogen-bond donors (Lipinski definition) is 2. The molecule has 0 saturated carbocycles. The van der Waals surface area contributed by atoms with Crippen molar-refractivity contribution in [1.29, 1.82) is 0 Å². The summed E-state index contributed by atoms with van der Waals surface area (Å²) >= 11 is 0. The maximum atomic E-state index is 12.7.